The zero-order valence-corrected chi connectivity index (χ0v) is 17.7. The number of carbonyl (C=O) groups excluding carboxylic acids is 1. The van der Waals surface area contributed by atoms with Crippen LogP contribution in [0.15, 0.2) is 69.6 Å². The molecule has 2 aromatic carbocycles. The maximum atomic E-state index is 12.5. The maximum absolute atomic E-state index is 12.5. The van der Waals surface area contributed by atoms with Crippen molar-refractivity contribution in [1.82, 2.24) is 5.32 Å². The summed E-state index contributed by atoms with van der Waals surface area (Å²) in [6, 6.07) is 19.3. The van der Waals surface area contributed by atoms with Crippen molar-refractivity contribution in [2.45, 2.75) is 26.0 Å². The monoisotopic (exact) mass is 454 g/mol. The third-order valence-electron chi connectivity index (χ3n) is 4.96. The smallest absolute Gasteiger partial charge is 0.287 e. The predicted octanol–water partition coefficient (Wildman–Crippen LogP) is 5.15. The predicted molar refractivity (Wildman–Crippen MR) is 116 cm³/mol. The molecule has 0 saturated carbocycles. The molecular weight excluding hydrogens is 432 g/mol. The molecule has 29 heavy (non-hydrogen) atoms. The van der Waals surface area contributed by atoms with Gasteiger partial charge in [-0.3, -0.25) is 4.79 Å². The van der Waals surface area contributed by atoms with Gasteiger partial charge in [-0.2, -0.15) is 0 Å². The number of halogens is 1. The van der Waals surface area contributed by atoms with Crippen LogP contribution in [0, 0.1) is 0 Å². The second-order valence-electron chi connectivity index (χ2n) is 7.01. The number of ether oxygens (including phenoxy) is 1. The normalized spacial score (nSPS) is 13.5. The third kappa shape index (κ3) is 5.01. The van der Waals surface area contributed by atoms with Crippen molar-refractivity contribution >= 4 is 27.5 Å². The molecule has 0 radical (unpaired) electrons. The highest BCUT2D eigenvalue weighted by Gasteiger charge is 2.17. The van der Waals surface area contributed by atoms with Crippen LogP contribution >= 0.6 is 15.9 Å². The molecule has 6 heteroatoms. The van der Waals surface area contributed by atoms with Gasteiger partial charge in [0.05, 0.1) is 0 Å². The van der Waals surface area contributed by atoms with Crippen LogP contribution < -0.4 is 15.0 Å². The third-order valence-corrected chi connectivity index (χ3v) is 5.49. The van der Waals surface area contributed by atoms with Crippen molar-refractivity contribution in [3.8, 4) is 5.75 Å². The van der Waals surface area contributed by atoms with Gasteiger partial charge in [-0.25, -0.2) is 0 Å². The average molecular weight is 455 g/mol. The number of anilines is 1. The number of furan rings is 1. The van der Waals surface area contributed by atoms with Crippen LogP contribution in [0.4, 0.5) is 5.69 Å². The molecule has 0 atom stereocenters. The lowest BCUT2D eigenvalue weighted by atomic mass is 10.1. The van der Waals surface area contributed by atoms with Crippen LogP contribution in [0.25, 0.3) is 0 Å². The Bertz CT molecular complexity index is 962. The second-order valence-corrected chi connectivity index (χ2v) is 7.93. The van der Waals surface area contributed by atoms with Crippen LogP contribution in [0.3, 0.4) is 0 Å². The van der Waals surface area contributed by atoms with Gasteiger partial charge in [0.2, 0.25) is 0 Å². The number of nitrogens with one attached hydrogen (secondary N) is 1. The highest BCUT2D eigenvalue weighted by molar-refractivity contribution is 9.10. The molecule has 150 valence electrons. The minimum atomic E-state index is -0.226. The van der Waals surface area contributed by atoms with Crippen molar-refractivity contribution < 1.29 is 13.9 Å². The van der Waals surface area contributed by atoms with Gasteiger partial charge in [0.25, 0.3) is 5.91 Å². The van der Waals surface area contributed by atoms with Crippen molar-refractivity contribution in [2.75, 3.05) is 18.0 Å². The highest BCUT2D eigenvalue weighted by Crippen LogP contribution is 2.24. The fraction of sp³-hybridized carbons (Fsp3) is 0.261. The summed E-state index contributed by atoms with van der Waals surface area (Å²) < 4.78 is 12.3. The number of nitrogens with zero attached hydrogens (tertiary/aromatic N) is 1. The van der Waals surface area contributed by atoms with E-state index in [0.717, 1.165) is 28.9 Å². The molecule has 1 N–H and O–H groups in total. The van der Waals surface area contributed by atoms with E-state index in [1.54, 1.807) is 12.1 Å². The molecule has 0 aliphatic carbocycles. The van der Waals surface area contributed by atoms with Crippen LogP contribution in [-0.4, -0.2) is 19.0 Å². The summed E-state index contributed by atoms with van der Waals surface area (Å²) in [6.45, 7) is 2.89. The molecule has 0 unspecified atom stereocenters. The van der Waals surface area contributed by atoms with Crippen LogP contribution in [0.5, 0.6) is 5.75 Å². The number of hydrogen-bond donors (Lipinski definition) is 1. The van der Waals surface area contributed by atoms with E-state index in [-0.39, 0.29) is 18.3 Å². The zero-order valence-electron chi connectivity index (χ0n) is 16.1. The summed E-state index contributed by atoms with van der Waals surface area (Å²) in [4.78, 5) is 14.9. The number of carbonyl (C=O) groups is 1. The molecule has 0 spiro atoms. The number of rotatable bonds is 7. The minimum Gasteiger partial charge on any atom is -0.486 e. The van der Waals surface area contributed by atoms with Crippen molar-refractivity contribution in [3.05, 3.63) is 82.2 Å². The van der Waals surface area contributed by atoms with E-state index in [2.05, 4.69) is 38.3 Å². The van der Waals surface area contributed by atoms with E-state index in [4.69, 9.17) is 9.15 Å². The van der Waals surface area contributed by atoms with Gasteiger partial charge in [0.15, 0.2) is 5.76 Å². The van der Waals surface area contributed by atoms with Crippen molar-refractivity contribution in [2.24, 2.45) is 0 Å². The average Bonchev–Trinajstić information content (AvgIpc) is 3.44. The van der Waals surface area contributed by atoms with Gasteiger partial charge in [0.1, 0.15) is 18.1 Å². The maximum Gasteiger partial charge on any atom is 0.287 e. The molecule has 1 fully saturated rings. The van der Waals surface area contributed by atoms with Gasteiger partial charge in [-0.15, -0.1) is 0 Å². The lowest BCUT2D eigenvalue weighted by Crippen LogP contribution is -2.25. The molecule has 1 aromatic heterocycles. The SMILES string of the molecule is O=C(NCc1ccccc1N1CCCC1)c1ccc(COc2ccc(Br)cc2)o1. The minimum absolute atomic E-state index is 0.226. The Morgan fingerprint density at radius 3 is 2.59 bits per heavy atom. The van der Waals surface area contributed by atoms with E-state index < -0.39 is 0 Å². The van der Waals surface area contributed by atoms with Gasteiger partial charge < -0.3 is 19.4 Å². The van der Waals surface area contributed by atoms with Crippen LogP contribution in [0.1, 0.15) is 34.7 Å². The Kier molecular flexibility index (Phi) is 6.20. The van der Waals surface area contributed by atoms with E-state index in [1.165, 1.54) is 18.5 Å². The van der Waals surface area contributed by atoms with E-state index in [1.807, 2.05) is 36.4 Å². The summed E-state index contributed by atoms with van der Waals surface area (Å²) in [7, 11) is 0. The van der Waals surface area contributed by atoms with E-state index in [0.29, 0.717) is 12.3 Å². The van der Waals surface area contributed by atoms with Crippen LogP contribution in [0.2, 0.25) is 0 Å². The number of hydrogen-bond acceptors (Lipinski definition) is 4. The first kappa shape index (κ1) is 19.6. The zero-order chi connectivity index (χ0) is 20.1. The fourth-order valence-corrected chi connectivity index (χ4v) is 3.72. The molecule has 1 saturated heterocycles. The molecule has 1 aliphatic rings. The Morgan fingerprint density at radius 2 is 1.79 bits per heavy atom. The molecule has 4 rings (SSSR count). The number of amides is 1. The summed E-state index contributed by atoms with van der Waals surface area (Å²) in [5.41, 5.74) is 2.32. The first-order valence-corrected chi connectivity index (χ1v) is 10.6. The summed E-state index contributed by atoms with van der Waals surface area (Å²) in [5, 5.41) is 2.97. The lowest BCUT2D eigenvalue weighted by molar-refractivity contribution is 0.0919. The number of para-hydroxylation sites is 1. The molecule has 2 heterocycles. The summed E-state index contributed by atoms with van der Waals surface area (Å²) >= 11 is 3.39. The standard InChI is InChI=1S/C23H23BrN2O3/c24-18-7-9-19(10-8-18)28-16-20-11-12-22(29-20)23(27)25-15-17-5-1-2-6-21(17)26-13-3-4-14-26/h1-2,5-12H,3-4,13-16H2,(H,25,27). The molecule has 0 bridgehead atoms. The molecule has 1 aliphatic heterocycles. The van der Waals surface area contributed by atoms with Gasteiger partial charge in [-0.1, -0.05) is 34.1 Å². The Morgan fingerprint density at radius 1 is 1.03 bits per heavy atom. The largest absolute Gasteiger partial charge is 0.486 e. The molecule has 1 amide bonds. The fourth-order valence-electron chi connectivity index (χ4n) is 3.45. The molecule has 5 nitrogen and oxygen atoms in total. The van der Waals surface area contributed by atoms with Crippen molar-refractivity contribution in [3.63, 3.8) is 0 Å². The Balaban J connectivity index is 1.33. The highest BCUT2D eigenvalue weighted by atomic mass is 79.9. The summed E-state index contributed by atoms with van der Waals surface area (Å²) in [6.07, 6.45) is 2.44. The van der Waals surface area contributed by atoms with Crippen molar-refractivity contribution in [1.29, 1.82) is 0 Å². The molecular formula is C23H23BrN2O3. The Labute approximate surface area is 178 Å². The van der Waals surface area contributed by atoms with E-state index in [9.17, 15) is 4.79 Å². The topological polar surface area (TPSA) is 54.7 Å². The summed E-state index contributed by atoms with van der Waals surface area (Å²) in [5.74, 6) is 1.42. The first-order chi connectivity index (χ1) is 14.2. The van der Waals surface area contributed by atoms with E-state index >= 15 is 0 Å². The first-order valence-electron chi connectivity index (χ1n) is 9.77. The van der Waals surface area contributed by atoms with Gasteiger partial charge >= 0.3 is 0 Å². The quantitative estimate of drug-likeness (QED) is 0.536. The Hall–Kier alpha value is -2.73. The number of benzene rings is 2. The van der Waals surface area contributed by atoms with Gasteiger partial charge in [-0.05, 0) is 60.9 Å². The molecule has 3 aromatic rings. The lowest BCUT2D eigenvalue weighted by Gasteiger charge is -2.21. The van der Waals surface area contributed by atoms with Gasteiger partial charge in [0, 0.05) is 29.8 Å². The second kappa shape index (κ2) is 9.18. The van der Waals surface area contributed by atoms with Crippen LogP contribution in [-0.2, 0) is 13.2 Å².